The highest BCUT2D eigenvalue weighted by atomic mass is 127. The summed E-state index contributed by atoms with van der Waals surface area (Å²) in [5, 5.41) is 6.53. The molecule has 2 aromatic carbocycles. The molecule has 2 aromatic rings. The number of hydrogen-bond donors (Lipinski definition) is 2. The fourth-order valence-electron chi connectivity index (χ4n) is 2.85. The van der Waals surface area contributed by atoms with Crippen LogP contribution in [0.4, 0.5) is 0 Å². The minimum absolute atomic E-state index is 0. The van der Waals surface area contributed by atoms with E-state index < -0.39 is 0 Å². The molecule has 0 aliphatic rings. The van der Waals surface area contributed by atoms with E-state index in [-0.39, 0.29) is 24.0 Å². The van der Waals surface area contributed by atoms with Crippen LogP contribution in [-0.4, -0.2) is 53.5 Å². The van der Waals surface area contributed by atoms with E-state index in [1.165, 1.54) is 0 Å². The third-order valence-electron chi connectivity index (χ3n) is 4.19. The molecule has 0 saturated carbocycles. The van der Waals surface area contributed by atoms with Gasteiger partial charge in [-0.05, 0) is 31.5 Å². The first-order chi connectivity index (χ1) is 14.2. The van der Waals surface area contributed by atoms with Crippen LogP contribution in [0.3, 0.4) is 0 Å². The molecular weight excluding hydrogens is 497 g/mol. The maximum Gasteiger partial charge on any atom is 0.203 e. The predicted octanol–water partition coefficient (Wildman–Crippen LogP) is 3.51. The minimum Gasteiger partial charge on any atom is -0.493 e. The van der Waals surface area contributed by atoms with Gasteiger partial charge in [0, 0.05) is 18.7 Å². The maximum atomic E-state index is 5.70. The number of para-hydroxylation sites is 1. The van der Waals surface area contributed by atoms with Gasteiger partial charge in [-0.3, -0.25) is 4.99 Å². The largest absolute Gasteiger partial charge is 0.493 e. The van der Waals surface area contributed by atoms with E-state index in [1.807, 2.05) is 49.4 Å². The lowest BCUT2D eigenvalue weighted by atomic mass is 10.1. The van der Waals surface area contributed by atoms with E-state index in [2.05, 4.69) is 15.6 Å². The molecule has 0 unspecified atom stereocenters. The molecule has 0 atom stereocenters. The number of aliphatic imine (C=N–C) groups is 1. The van der Waals surface area contributed by atoms with Crippen molar-refractivity contribution < 1.29 is 18.9 Å². The molecule has 0 bridgehead atoms. The molecule has 2 N–H and O–H groups in total. The summed E-state index contributed by atoms with van der Waals surface area (Å²) in [7, 11) is 4.84. The molecule has 0 aromatic heterocycles. The molecule has 0 saturated heterocycles. The molecule has 0 amide bonds. The Kier molecular flexibility index (Phi) is 12.5. The summed E-state index contributed by atoms with van der Waals surface area (Å²) in [5.41, 5.74) is 1.01. The molecular formula is C22H32IN3O4. The Morgan fingerprint density at radius 3 is 2.27 bits per heavy atom. The first kappa shape index (κ1) is 25.7. The Morgan fingerprint density at radius 2 is 1.63 bits per heavy atom. The molecule has 7 nitrogen and oxygen atoms in total. The van der Waals surface area contributed by atoms with E-state index in [9.17, 15) is 0 Å². The molecule has 0 aliphatic carbocycles. The molecule has 0 fully saturated rings. The summed E-state index contributed by atoms with van der Waals surface area (Å²) in [6, 6.07) is 13.6. The zero-order chi connectivity index (χ0) is 20.9. The fraction of sp³-hybridized carbons (Fsp3) is 0.409. The third kappa shape index (κ3) is 7.81. The number of halogens is 1. The SMILES string of the molecule is CCNC(=NCCc1ccc(OC)c(OC)c1OC)NCCOc1ccccc1.I. The Morgan fingerprint density at radius 1 is 0.900 bits per heavy atom. The summed E-state index contributed by atoms with van der Waals surface area (Å²) in [4.78, 5) is 4.64. The van der Waals surface area contributed by atoms with Gasteiger partial charge < -0.3 is 29.6 Å². The van der Waals surface area contributed by atoms with Crippen molar-refractivity contribution in [1.82, 2.24) is 10.6 Å². The van der Waals surface area contributed by atoms with E-state index in [4.69, 9.17) is 18.9 Å². The fourth-order valence-corrected chi connectivity index (χ4v) is 2.85. The summed E-state index contributed by atoms with van der Waals surface area (Å²) in [6.45, 7) is 4.62. The van der Waals surface area contributed by atoms with E-state index in [1.54, 1.807) is 21.3 Å². The monoisotopic (exact) mass is 529 g/mol. The maximum absolute atomic E-state index is 5.70. The third-order valence-corrected chi connectivity index (χ3v) is 4.19. The summed E-state index contributed by atoms with van der Waals surface area (Å²) in [6.07, 6.45) is 0.709. The van der Waals surface area contributed by atoms with Gasteiger partial charge in [0.15, 0.2) is 17.5 Å². The highest BCUT2D eigenvalue weighted by Gasteiger charge is 2.15. The second-order valence-corrected chi connectivity index (χ2v) is 6.09. The molecule has 8 heteroatoms. The number of benzene rings is 2. The zero-order valence-corrected chi connectivity index (χ0v) is 20.4. The van der Waals surface area contributed by atoms with Crippen LogP contribution in [0.2, 0.25) is 0 Å². The summed E-state index contributed by atoms with van der Waals surface area (Å²) < 4.78 is 22.0. The highest BCUT2D eigenvalue weighted by Crippen LogP contribution is 2.39. The van der Waals surface area contributed by atoms with Gasteiger partial charge in [-0.25, -0.2) is 0 Å². The van der Waals surface area contributed by atoms with Crippen LogP contribution >= 0.6 is 24.0 Å². The van der Waals surface area contributed by atoms with Crippen LogP contribution in [0.15, 0.2) is 47.5 Å². The Bertz CT molecular complexity index is 772. The second kappa shape index (κ2) is 14.6. The number of guanidine groups is 1. The van der Waals surface area contributed by atoms with Crippen LogP contribution in [0.25, 0.3) is 0 Å². The number of nitrogens with one attached hydrogen (secondary N) is 2. The van der Waals surface area contributed by atoms with Crippen molar-refractivity contribution in [1.29, 1.82) is 0 Å². The van der Waals surface area contributed by atoms with Crippen LogP contribution < -0.4 is 29.6 Å². The Balaban J connectivity index is 0.00000450. The second-order valence-electron chi connectivity index (χ2n) is 6.09. The first-order valence-corrected chi connectivity index (χ1v) is 9.71. The van der Waals surface area contributed by atoms with Gasteiger partial charge in [0.1, 0.15) is 12.4 Å². The van der Waals surface area contributed by atoms with E-state index >= 15 is 0 Å². The van der Waals surface area contributed by atoms with E-state index in [0.717, 1.165) is 23.8 Å². The quantitative estimate of drug-likeness (QED) is 0.201. The topological polar surface area (TPSA) is 73.3 Å². The van der Waals surface area contributed by atoms with Crippen molar-refractivity contribution in [3.8, 4) is 23.0 Å². The Labute approximate surface area is 196 Å². The molecule has 2 rings (SSSR count). The lowest BCUT2D eigenvalue weighted by molar-refractivity contribution is 0.321. The number of ether oxygens (including phenoxy) is 4. The standard InChI is InChI=1S/C22H31N3O4.HI/c1-5-23-22(25-15-16-29-18-9-7-6-8-10-18)24-14-13-17-11-12-19(26-2)21(28-4)20(17)27-3;/h6-12H,5,13-16H2,1-4H3,(H2,23,24,25);1H. The van der Waals surface area contributed by atoms with Gasteiger partial charge in [-0.1, -0.05) is 24.3 Å². The zero-order valence-electron chi connectivity index (χ0n) is 18.1. The molecule has 0 heterocycles. The van der Waals surface area contributed by atoms with Crippen molar-refractivity contribution >= 4 is 29.9 Å². The number of rotatable bonds is 11. The van der Waals surface area contributed by atoms with Crippen LogP contribution in [0, 0.1) is 0 Å². The smallest absolute Gasteiger partial charge is 0.203 e. The van der Waals surface area contributed by atoms with Crippen molar-refractivity contribution in [3.63, 3.8) is 0 Å². The summed E-state index contributed by atoms with van der Waals surface area (Å²) >= 11 is 0. The minimum atomic E-state index is 0. The van der Waals surface area contributed by atoms with Gasteiger partial charge in [0.25, 0.3) is 0 Å². The van der Waals surface area contributed by atoms with Gasteiger partial charge >= 0.3 is 0 Å². The molecule has 0 aliphatic heterocycles. The molecule has 30 heavy (non-hydrogen) atoms. The lowest BCUT2D eigenvalue weighted by Crippen LogP contribution is -2.39. The molecule has 0 spiro atoms. The first-order valence-electron chi connectivity index (χ1n) is 9.71. The van der Waals surface area contributed by atoms with Gasteiger partial charge in [0.2, 0.25) is 5.75 Å². The van der Waals surface area contributed by atoms with Crippen molar-refractivity contribution in [3.05, 3.63) is 48.0 Å². The molecule has 0 radical (unpaired) electrons. The average molecular weight is 529 g/mol. The Hall–Kier alpha value is -2.36. The van der Waals surface area contributed by atoms with Gasteiger partial charge in [-0.15, -0.1) is 24.0 Å². The van der Waals surface area contributed by atoms with Gasteiger partial charge in [-0.2, -0.15) is 0 Å². The van der Waals surface area contributed by atoms with Crippen molar-refractivity contribution in [2.45, 2.75) is 13.3 Å². The normalized spacial score (nSPS) is 10.6. The van der Waals surface area contributed by atoms with Crippen LogP contribution in [0.5, 0.6) is 23.0 Å². The lowest BCUT2D eigenvalue weighted by Gasteiger charge is -2.15. The predicted molar refractivity (Wildman–Crippen MR) is 131 cm³/mol. The van der Waals surface area contributed by atoms with E-state index in [0.29, 0.717) is 43.4 Å². The highest BCUT2D eigenvalue weighted by molar-refractivity contribution is 14.0. The summed E-state index contributed by atoms with van der Waals surface area (Å²) in [5.74, 6) is 3.53. The number of hydrogen-bond acceptors (Lipinski definition) is 5. The average Bonchev–Trinajstić information content (AvgIpc) is 2.76. The van der Waals surface area contributed by atoms with Gasteiger partial charge in [0.05, 0.1) is 27.9 Å². The van der Waals surface area contributed by atoms with Crippen LogP contribution in [0.1, 0.15) is 12.5 Å². The number of nitrogens with zero attached hydrogens (tertiary/aromatic N) is 1. The van der Waals surface area contributed by atoms with Crippen LogP contribution in [-0.2, 0) is 6.42 Å². The number of methoxy groups -OCH3 is 3. The molecule has 166 valence electrons. The van der Waals surface area contributed by atoms with Crippen molar-refractivity contribution in [2.24, 2.45) is 4.99 Å². The van der Waals surface area contributed by atoms with Crippen molar-refractivity contribution in [2.75, 3.05) is 47.6 Å².